The summed E-state index contributed by atoms with van der Waals surface area (Å²) < 4.78 is 72.5. The Morgan fingerprint density at radius 3 is 2.70 bits per heavy atom. The predicted octanol–water partition coefficient (Wildman–Crippen LogP) is 5.11. The van der Waals surface area contributed by atoms with E-state index in [0.29, 0.717) is 16.3 Å². The van der Waals surface area contributed by atoms with Crippen molar-refractivity contribution >= 4 is 44.1 Å². The summed E-state index contributed by atoms with van der Waals surface area (Å²) in [6, 6.07) is 8.26. The van der Waals surface area contributed by atoms with Gasteiger partial charge in [0, 0.05) is 39.0 Å². The Morgan fingerprint density at radius 1 is 1.26 bits per heavy atom. The minimum absolute atomic E-state index is 0.0142. The van der Waals surface area contributed by atoms with E-state index < -0.39 is 47.1 Å². The molecule has 47 heavy (non-hydrogen) atoms. The van der Waals surface area contributed by atoms with Crippen LogP contribution in [-0.4, -0.2) is 58.1 Å². The SMILES string of the molecule is COc1cc(C(=O)NC[C@](O)(c2cc3c(c(-c4csc5c(F)cccc45)n2)OC[C@]3(C)C(N)=O)C(F)(F)F)cc2cn(C3CC3)nc12. The van der Waals surface area contributed by atoms with Crippen LogP contribution in [0.2, 0.25) is 0 Å². The number of carbonyl (C=O) groups excluding carboxylic acids is 2. The van der Waals surface area contributed by atoms with E-state index >= 15 is 0 Å². The minimum atomic E-state index is -5.36. The van der Waals surface area contributed by atoms with Crippen molar-refractivity contribution in [3.8, 4) is 22.8 Å². The van der Waals surface area contributed by atoms with E-state index in [4.69, 9.17) is 15.2 Å². The number of rotatable bonds is 8. The standard InChI is InChI=1S/C32H27F4N5O5S/c1-30(29(37)43)14-46-26-20(30)10-23(39-25(26)19-12-47-27-18(19)4-3-5-21(27)33)31(44,32(34,35)36)13-38-28(42)15-8-16-11-41(17-6-7-17)40-24(16)22(9-15)45-2/h3-5,8-12,17,44H,6-7,13-14H2,1-2H3,(H2,37,43)(H,38,42)/t30-,31-/m0/s1. The number of carbonyl (C=O) groups is 2. The number of hydrogen-bond acceptors (Lipinski definition) is 8. The average molecular weight is 670 g/mol. The highest BCUT2D eigenvalue weighted by Crippen LogP contribution is 2.49. The number of hydrogen-bond donors (Lipinski definition) is 3. The summed E-state index contributed by atoms with van der Waals surface area (Å²) in [6.07, 6.45) is -1.70. The Morgan fingerprint density at radius 2 is 2.02 bits per heavy atom. The molecule has 2 atom stereocenters. The molecule has 3 aromatic heterocycles. The number of ether oxygens (including phenoxy) is 2. The van der Waals surface area contributed by atoms with Crippen LogP contribution in [0.5, 0.6) is 11.5 Å². The molecule has 2 amide bonds. The normalized spacial score (nSPS) is 19.0. The summed E-state index contributed by atoms with van der Waals surface area (Å²) in [4.78, 5) is 30.1. The molecule has 0 bridgehead atoms. The van der Waals surface area contributed by atoms with Crippen LogP contribution in [0.1, 0.15) is 47.4 Å². The molecule has 1 saturated carbocycles. The number of halogens is 4. The third kappa shape index (κ3) is 4.87. The second-order valence-electron chi connectivity index (χ2n) is 12.0. The lowest BCUT2D eigenvalue weighted by Gasteiger charge is -2.31. The number of pyridine rings is 1. The maximum absolute atomic E-state index is 14.9. The first-order chi connectivity index (χ1) is 22.2. The van der Waals surface area contributed by atoms with Crippen molar-refractivity contribution < 1.29 is 41.7 Å². The molecule has 10 nitrogen and oxygen atoms in total. The van der Waals surface area contributed by atoms with Crippen molar-refractivity contribution in [2.75, 3.05) is 20.3 Å². The molecule has 7 rings (SSSR count). The molecule has 4 heterocycles. The predicted molar refractivity (Wildman–Crippen MR) is 164 cm³/mol. The maximum atomic E-state index is 14.9. The zero-order chi connectivity index (χ0) is 33.5. The third-order valence-electron chi connectivity index (χ3n) is 8.82. The van der Waals surface area contributed by atoms with Crippen LogP contribution in [0.3, 0.4) is 0 Å². The lowest BCUT2D eigenvalue weighted by molar-refractivity contribution is -0.265. The molecule has 244 valence electrons. The highest BCUT2D eigenvalue weighted by Gasteiger charge is 2.58. The summed E-state index contributed by atoms with van der Waals surface area (Å²) in [5.41, 5.74) is -0.0116. The number of alkyl halides is 3. The largest absolute Gasteiger partial charge is 0.494 e. The molecule has 4 N–H and O–H groups in total. The fraction of sp³-hybridized carbons (Fsp3) is 0.312. The van der Waals surface area contributed by atoms with E-state index in [1.807, 2.05) is 0 Å². The zero-order valence-electron chi connectivity index (χ0n) is 24.9. The topological polar surface area (TPSA) is 142 Å². The first kappa shape index (κ1) is 30.9. The molecule has 1 fully saturated rings. The number of nitrogens with zero attached hydrogens (tertiary/aromatic N) is 3. The van der Waals surface area contributed by atoms with Crippen molar-refractivity contribution in [3.63, 3.8) is 0 Å². The highest BCUT2D eigenvalue weighted by molar-refractivity contribution is 7.17. The van der Waals surface area contributed by atoms with Gasteiger partial charge in [0.1, 0.15) is 40.5 Å². The van der Waals surface area contributed by atoms with Crippen molar-refractivity contribution in [2.45, 2.75) is 43.0 Å². The van der Waals surface area contributed by atoms with Gasteiger partial charge in [-0.2, -0.15) is 18.3 Å². The van der Waals surface area contributed by atoms with Crippen LogP contribution in [-0.2, 0) is 15.8 Å². The van der Waals surface area contributed by atoms with E-state index in [2.05, 4.69) is 15.4 Å². The Kier molecular flexibility index (Phi) is 6.99. The first-order valence-corrected chi connectivity index (χ1v) is 15.4. The van der Waals surface area contributed by atoms with E-state index in [-0.39, 0.29) is 51.2 Å². The van der Waals surface area contributed by atoms with Gasteiger partial charge in [0.05, 0.1) is 30.1 Å². The summed E-state index contributed by atoms with van der Waals surface area (Å²) in [5, 5.41) is 20.5. The number of aliphatic hydroxyl groups is 1. The van der Waals surface area contributed by atoms with E-state index in [1.54, 1.807) is 16.9 Å². The number of amides is 2. The number of nitrogens with two attached hydrogens (primary N) is 1. The third-order valence-corrected chi connectivity index (χ3v) is 9.82. The van der Waals surface area contributed by atoms with Crippen molar-refractivity contribution in [3.05, 3.63) is 70.6 Å². The molecule has 0 spiro atoms. The maximum Gasteiger partial charge on any atom is 0.424 e. The quantitative estimate of drug-likeness (QED) is 0.195. The van der Waals surface area contributed by atoms with Crippen LogP contribution in [0.25, 0.3) is 32.2 Å². The van der Waals surface area contributed by atoms with Gasteiger partial charge < -0.3 is 25.6 Å². The van der Waals surface area contributed by atoms with Gasteiger partial charge in [-0.3, -0.25) is 14.3 Å². The molecule has 0 unspecified atom stereocenters. The van der Waals surface area contributed by atoms with Crippen LogP contribution in [0.4, 0.5) is 17.6 Å². The zero-order valence-corrected chi connectivity index (χ0v) is 25.8. The van der Waals surface area contributed by atoms with E-state index in [9.17, 15) is 32.3 Å². The summed E-state index contributed by atoms with van der Waals surface area (Å²) in [6.45, 7) is -0.228. The first-order valence-electron chi connectivity index (χ1n) is 14.5. The Balaban J connectivity index is 1.31. The highest BCUT2D eigenvalue weighted by atomic mass is 32.1. The Labute approximate surface area is 268 Å². The molecule has 2 aromatic carbocycles. The molecule has 1 aliphatic carbocycles. The van der Waals surface area contributed by atoms with Gasteiger partial charge in [0.25, 0.3) is 5.91 Å². The van der Waals surface area contributed by atoms with Gasteiger partial charge >= 0.3 is 6.18 Å². The van der Waals surface area contributed by atoms with Gasteiger partial charge in [0.15, 0.2) is 0 Å². The lowest BCUT2D eigenvalue weighted by Crippen LogP contribution is -2.51. The van der Waals surface area contributed by atoms with E-state index in [1.165, 1.54) is 43.7 Å². The summed E-state index contributed by atoms with van der Waals surface area (Å²) in [5.74, 6) is -2.09. The van der Waals surface area contributed by atoms with Gasteiger partial charge in [-0.15, -0.1) is 11.3 Å². The van der Waals surface area contributed by atoms with Crippen molar-refractivity contribution in [1.82, 2.24) is 20.1 Å². The second kappa shape index (κ2) is 10.6. The van der Waals surface area contributed by atoms with Gasteiger partial charge in [0.2, 0.25) is 11.5 Å². The molecule has 2 aliphatic rings. The Bertz CT molecular complexity index is 2110. The fourth-order valence-corrected chi connectivity index (χ4v) is 6.73. The number of nitrogens with one attached hydrogen (secondary N) is 1. The second-order valence-corrected chi connectivity index (χ2v) is 12.9. The number of thiophene rings is 1. The van der Waals surface area contributed by atoms with Crippen LogP contribution in [0, 0.1) is 5.82 Å². The van der Waals surface area contributed by atoms with Gasteiger partial charge in [-0.25, -0.2) is 9.37 Å². The van der Waals surface area contributed by atoms with Gasteiger partial charge in [-0.1, -0.05) is 12.1 Å². The average Bonchev–Trinajstić information content (AvgIpc) is 3.48. The van der Waals surface area contributed by atoms with Crippen LogP contribution in [0.15, 0.2) is 48.0 Å². The number of primary amides is 1. The van der Waals surface area contributed by atoms with Gasteiger partial charge in [-0.05, 0) is 44.0 Å². The van der Waals surface area contributed by atoms with Crippen LogP contribution >= 0.6 is 11.3 Å². The molecular weight excluding hydrogens is 642 g/mol. The molecule has 0 radical (unpaired) electrons. The van der Waals surface area contributed by atoms with Crippen molar-refractivity contribution in [1.29, 1.82) is 0 Å². The summed E-state index contributed by atoms with van der Waals surface area (Å²) in [7, 11) is 1.39. The molecule has 0 saturated heterocycles. The van der Waals surface area contributed by atoms with Crippen molar-refractivity contribution in [2.24, 2.45) is 5.73 Å². The molecule has 1 aliphatic heterocycles. The molecular formula is C32H27F4N5O5S. The smallest absolute Gasteiger partial charge is 0.424 e. The van der Waals surface area contributed by atoms with E-state index in [0.717, 1.165) is 30.2 Å². The number of methoxy groups -OCH3 is 1. The minimum Gasteiger partial charge on any atom is -0.494 e. The lowest BCUT2D eigenvalue weighted by atomic mass is 9.81. The number of aromatic nitrogens is 3. The number of fused-ring (bicyclic) bond motifs is 3. The molecule has 15 heteroatoms. The fourth-order valence-electron chi connectivity index (χ4n) is 5.77. The Hall–Kier alpha value is -4.76. The summed E-state index contributed by atoms with van der Waals surface area (Å²) >= 11 is 1.01. The monoisotopic (exact) mass is 669 g/mol. The van der Waals surface area contributed by atoms with Crippen LogP contribution < -0.4 is 20.5 Å². The number of benzene rings is 2. The molecule has 5 aromatic rings.